The van der Waals surface area contributed by atoms with Crippen LogP contribution in [0.1, 0.15) is 6.92 Å². The Morgan fingerprint density at radius 1 is 1.57 bits per heavy atom. The number of amidine groups is 1. The zero-order valence-corrected chi connectivity index (χ0v) is 5.08. The number of nitrogens with one attached hydrogen (secondary N) is 2. The maximum Gasteiger partial charge on any atom is 0.0873 e. The second-order valence-electron chi connectivity index (χ2n) is 1.18. The lowest BCUT2D eigenvalue weighted by molar-refractivity contribution is 1.02. The molecule has 0 bridgehead atoms. The van der Waals surface area contributed by atoms with Gasteiger partial charge in [-0.05, 0) is 21.0 Å². The summed E-state index contributed by atoms with van der Waals surface area (Å²) in [5, 5.41) is 9.03. The monoisotopic (exact) mass is 103 g/mol. The average Bonchev–Trinajstić information content (AvgIpc) is 1.33. The molecule has 0 amide bonds. The van der Waals surface area contributed by atoms with Gasteiger partial charge in [0.25, 0.3) is 0 Å². The van der Waals surface area contributed by atoms with Crippen LogP contribution in [-0.2, 0) is 0 Å². The third kappa shape index (κ3) is 197. The molecule has 3 nitrogen and oxygen atoms in total. The zero-order valence-electron chi connectivity index (χ0n) is 5.08. The molecule has 44 valence electrons. The summed E-state index contributed by atoms with van der Waals surface area (Å²) in [7, 11) is 3.75. The Kier molecular flexibility index (Phi) is 12.5. The highest BCUT2D eigenvalue weighted by molar-refractivity contribution is 5.73. The molecule has 0 radical (unpaired) electrons. The Balaban J connectivity index is 0. The van der Waals surface area contributed by atoms with Crippen molar-refractivity contribution < 1.29 is 0 Å². The molecule has 0 aliphatic rings. The van der Waals surface area contributed by atoms with Crippen molar-refractivity contribution in [2.75, 3.05) is 14.1 Å². The van der Waals surface area contributed by atoms with E-state index in [9.17, 15) is 0 Å². The van der Waals surface area contributed by atoms with E-state index >= 15 is 0 Å². The van der Waals surface area contributed by atoms with Gasteiger partial charge in [-0.2, -0.15) is 0 Å². The Morgan fingerprint density at radius 3 is 1.57 bits per heavy atom. The summed E-state index contributed by atoms with van der Waals surface area (Å²) in [4.78, 5) is 0. The van der Waals surface area contributed by atoms with Crippen molar-refractivity contribution in [1.82, 2.24) is 5.32 Å². The minimum atomic E-state index is 0.167. The van der Waals surface area contributed by atoms with Crippen LogP contribution in [0, 0.1) is 5.41 Å². The topological polar surface area (TPSA) is 61.9 Å². The van der Waals surface area contributed by atoms with Crippen LogP contribution in [0.2, 0.25) is 0 Å². The van der Waals surface area contributed by atoms with Crippen LogP contribution in [0.15, 0.2) is 0 Å². The quantitative estimate of drug-likeness (QED) is 0.293. The second kappa shape index (κ2) is 9.06. The highest BCUT2D eigenvalue weighted by Crippen LogP contribution is 1.36. The molecule has 0 saturated carbocycles. The molecule has 0 heterocycles. The van der Waals surface area contributed by atoms with Crippen LogP contribution < -0.4 is 11.1 Å². The summed E-state index contributed by atoms with van der Waals surface area (Å²) < 4.78 is 0. The number of hydrogen-bond acceptors (Lipinski definition) is 2. The molecular weight excluding hydrogens is 90.1 g/mol. The highest BCUT2D eigenvalue weighted by atomic mass is 14.7. The van der Waals surface area contributed by atoms with Gasteiger partial charge in [-0.25, -0.2) is 0 Å². The van der Waals surface area contributed by atoms with Gasteiger partial charge in [-0.1, -0.05) is 0 Å². The molecule has 0 spiro atoms. The summed E-state index contributed by atoms with van der Waals surface area (Å²) in [6.45, 7) is 1.53. The van der Waals surface area contributed by atoms with Gasteiger partial charge >= 0.3 is 0 Å². The molecule has 0 aliphatic carbocycles. The zero-order chi connectivity index (χ0) is 6.28. The molecule has 0 rings (SSSR count). The first-order valence-corrected chi connectivity index (χ1v) is 2.04. The molecule has 0 unspecified atom stereocenters. The van der Waals surface area contributed by atoms with Gasteiger partial charge in [-0.3, -0.25) is 5.41 Å². The number of nitrogens with two attached hydrogens (primary N) is 1. The standard InChI is InChI=1S/C2H6N2.C2H7N/c1-2(3)4;1-3-2/h1H3,(H3,3,4);3H,1-2H3. The van der Waals surface area contributed by atoms with E-state index in [2.05, 4.69) is 5.32 Å². The molecule has 0 atom stereocenters. The van der Waals surface area contributed by atoms with Gasteiger partial charge in [0.15, 0.2) is 0 Å². The molecule has 0 aromatic rings. The maximum atomic E-state index is 6.28. The van der Waals surface area contributed by atoms with Gasteiger partial charge in [-0.15, -0.1) is 0 Å². The van der Waals surface area contributed by atoms with Crippen molar-refractivity contribution in [1.29, 1.82) is 5.41 Å². The molecule has 0 saturated heterocycles. The molecule has 0 aromatic heterocycles. The van der Waals surface area contributed by atoms with Crippen LogP contribution in [0.4, 0.5) is 0 Å². The predicted molar refractivity (Wildman–Crippen MR) is 32.6 cm³/mol. The van der Waals surface area contributed by atoms with Crippen molar-refractivity contribution in [3.05, 3.63) is 0 Å². The summed E-state index contributed by atoms with van der Waals surface area (Å²) in [6.07, 6.45) is 0. The van der Waals surface area contributed by atoms with Crippen LogP contribution in [0.5, 0.6) is 0 Å². The lowest BCUT2D eigenvalue weighted by Crippen LogP contribution is -2.00. The van der Waals surface area contributed by atoms with E-state index in [0.717, 1.165) is 0 Å². The fourth-order valence-corrected chi connectivity index (χ4v) is 0. The maximum absolute atomic E-state index is 6.28. The van der Waals surface area contributed by atoms with E-state index in [1.54, 1.807) is 0 Å². The van der Waals surface area contributed by atoms with Crippen LogP contribution in [-0.4, -0.2) is 19.9 Å². The molecule has 4 N–H and O–H groups in total. The van der Waals surface area contributed by atoms with Crippen molar-refractivity contribution in [3.8, 4) is 0 Å². The Hall–Kier alpha value is -0.570. The van der Waals surface area contributed by atoms with Crippen molar-refractivity contribution >= 4 is 5.84 Å². The van der Waals surface area contributed by atoms with E-state index in [1.165, 1.54) is 6.92 Å². The molecule has 0 fully saturated rings. The summed E-state index contributed by atoms with van der Waals surface area (Å²) in [5.74, 6) is 0.167. The fraction of sp³-hybridized carbons (Fsp3) is 0.750. The van der Waals surface area contributed by atoms with E-state index in [0.29, 0.717) is 0 Å². The lowest BCUT2D eigenvalue weighted by Gasteiger charge is -1.66. The third-order valence-corrected chi connectivity index (χ3v) is 0. The Morgan fingerprint density at radius 2 is 1.57 bits per heavy atom. The Labute approximate surface area is 44.4 Å². The molecule has 0 aromatic carbocycles. The SMILES string of the molecule is CC(=N)N.CNC. The molecular formula is C4H13N3. The van der Waals surface area contributed by atoms with Gasteiger partial charge in [0.1, 0.15) is 0 Å². The summed E-state index contributed by atoms with van der Waals surface area (Å²) in [6, 6.07) is 0. The highest BCUT2D eigenvalue weighted by Gasteiger charge is 1.53. The van der Waals surface area contributed by atoms with Gasteiger partial charge < -0.3 is 11.1 Å². The first-order chi connectivity index (χ1) is 3.15. The van der Waals surface area contributed by atoms with E-state index < -0.39 is 0 Å². The van der Waals surface area contributed by atoms with E-state index in [1.807, 2.05) is 14.1 Å². The number of rotatable bonds is 0. The van der Waals surface area contributed by atoms with Gasteiger partial charge in [0, 0.05) is 0 Å². The largest absolute Gasteiger partial charge is 0.388 e. The first kappa shape index (κ1) is 9.66. The third-order valence-electron chi connectivity index (χ3n) is 0. The van der Waals surface area contributed by atoms with Crippen LogP contribution >= 0.6 is 0 Å². The average molecular weight is 103 g/mol. The predicted octanol–water partition coefficient (Wildman–Crippen LogP) is -0.222. The molecule has 3 heteroatoms. The van der Waals surface area contributed by atoms with Crippen molar-refractivity contribution in [2.45, 2.75) is 6.92 Å². The fourth-order valence-electron chi connectivity index (χ4n) is 0. The van der Waals surface area contributed by atoms with Crippen molar-refractivity contribution in [3.63, 3.8) is 0 Å². The summed E-state index contributed by atoms with van der Waals surface area (Å²) >= 11 is 0. The molecule has 0 aliphatic heterocycles. The lowest BCUT2D eigenvalue weighted by atomic mass is 10.8. The Bertz CT molecular complexity index is 38.2. The van der Waals surface area contributed by atoms with Crippen LogP contribution in [0.25, 0.3) is 0 Å². The van der Waals surface area contributed by atoms with E-state index in [-0.39, 0.29) is 5.84 Å². The van der Waals surface area contributed by atoms with Gasteiger partial charge in [0.2, 0.25) is 0 Å². The first-order valence-electron chi connectivity index (χ1n) is 2.04. The molecule has 7 heavy (non-hydrogen) atoms. The normalized spacial score (nSPS) is 6.14. The minimum absolute atomic E-state index is 0.167. The summed E-state index contributed by atoms with van der Waals surface area (Å²) in [5.41, 5.74) is 4.69. The second-order valence-corrected chi connectivity index (χ2v) is 1.18. The van der Waals surface area contributed by atoms with Crippen LogP contribution in [0.3, 0.4) is 0 Å². The minimum Gasteiger partial charge on any atom is -0.388 e. The smallest absolute Gasteiger partial charge is 0.0873 e. The van der Waals surface area contributed by atoms with Crippen molar-refractivity contribution in [2.24, 2.45) is 5.73 Å². The van der Waals surface area contributed by atoms with Gasteiger partial charge in [0.05, 0.1) is 5.84 Å². The number of hydrogen-bond donors (Lipinski definition) is 3. The van der Waals surface area contributed by atoms with E-state index in [4.69, 9.17) is 11.1 Å².